The number of unbranched alkanes of at least 4 members (excludes halogenated alkanes) is 3. The Hall–Kier alpha value is -1.70. The molecule has 0 aliphatic rings. The van der Waals surface area contributed by atoms with Gasteiger partial charge in [0, 0.05) is 24.6 Å². The fourth-order valence-electron chi connectivity index (χ4n) is 2.18. The summed E-state index contributed by atoms with van der Waals surface area (Å²) in [6.07, 6.45) is 10.6. The number of nitrogens with two attached hydrogens (primary N) is 1. The molecule has 2 nitrogen and oxygen atoms in total. The van der Waals surface area contributed by atoms with Gasteiger partial charge < -0.3 is 10.3 Å². The topological polar surface area (TPSA) is 30.9 Å². The van der Waals surface area contributed by atoms with Crippen LogP contribution < -0.4 is 5.73 Å². The van der Waals surface area contributed by atoms with Gasteiger partial charge in [0.2, 0.25) is 0 Å². The van der Waals surface area contributed by atoms with E-state index in [1.54, 1.807) is 0 Å². The second-order valence-corrected chi connectivity index (χ2v) is 4.83. The molecule has 0 fully saturated rings. The number of nitrogen functional groups attached to an aromatic ring is 1. The zero-order chi connectivity index (χ0) is 12.6. The summed E-state index contributed by atoms with van der Waals surface area (Å²) in [7, 11) is 0. The van der Waals surface area contributed by atoms with E-state index in [1.165, 1.54) is 37.7 Å². The van der Waals surface area contributed by atoms with Crippen LogP contribution in [-0.4, -0.2) is 4.57 Å². The number of aryl methyl sites for hydroxylation is 2. The fraction of sp³-hybridized carbons (Fsp3) is 0.375. The quantitative estimate of drug-likeness (QED) is 0.580. The van der Waals surface area contributed by atoms with Crippen LogP contribution in [0.5, 0.6) is 0 Å². The van der Waals surface area contributed by atoms with Crippen molar-refractivity contribution in [3.8, 4) is 0 Å². The highest BCUT2D eigenvalue weighted by atomic mass is 14.9. The van der Waals surface area contributed by atoms with E-state index < -0.39 is 0 Å². The van der Waals surface area contributed by atoms with Gasteiger partial charge in [-0.15, -0.1) is 0 Å². The minimum Gasteiger partial charge on any atom is -0.399 e. The van der Waals surface area contributed by atoms with Crippen molar-refractivity contribution in [3.05, 3.63) is 54.4 Å². The monoisotopic (exact) mass is 242 g/mol. The molecule has 18 heavy (non-hydrogen) atoms. The van der Waals surface area contributed by atoms with E-state index in [-0.39, 0.29) is 0 Å². The third kappa shape index (κ3) is 4.28. The molecule has 1 heterocycles. The first-order valence-electron chi connectivity index (χ1n) is 6.80. The van der Waals surface area contributed by atoms with Gasteiger partial charge in [0.1, 0.15) is 0 Å². The molecule has 0 saturated heterocycles. The number of hydrogen-bond acceptors (Lipinski definition) is 1. The summed E-state index contributed by atoms with van der Waals surface area (Å²) < 4.78 is 2.25. The van der Waals surface area contributed by atoms with Crippen molar-refractivity contribution >= 4 is 5.69 Å². The first-order valence-corrected chi connectivity index (χ1v) is 6.80. The summed E-state index contributed by atoms with van der Waals surface area (Å²) in [5.74, 6) is 0. The molecule has 0 bridgehead atoms. The minimum atomic E-state index is 0.852. The van der Waals surface area contributed by atoms with Crippen LogP contribution in [0.3, 0.4) is 0 Å². The Bertz CT molecular complexity index is 429. The van der Waals surface area contributed by atoms with Gasteiger partial charge in [-0.1, -0.05) is 25.0 Å². The summed E-state index contributed by atoms with van der Waals surface area (Å²) in [6.45, 7) is 1.15. The molecular formula is C16H22N2. The zero-order valence-electron chi connectivity index (χ0n) is 10.9. The van der Waals surface area contributed by atoms with Crippen molar-refractivity contribution in [2.75, 3.05) is 5.73 Å². The number of anilines is 1. The SMILES string of the molecule is Nc1ccc(CCCCCCn2cccc2)cc1. The third-order valence-corrected chi connectivity index (χ3v) is 3.28. The van der Waals surface area contributed by atoms with E-state index in [9.17, 15) is 0 Å². The smallest absolute Gasteiger partial charge is 0.0314 e. The molecule has 2 heteroatoms. The number of hydrogen-bond donors (Lipinski definition) is 1. The van der Waals surface area contributed by atoms with E-state index in [0.29, 0.717) is 0 Å². The van der Waals surface area contributed by atoms with Crippen molar-refractivity contribution < 1.29 is 0 Å². The second-order valence-electron chi connectivity index (χ2n) is 4.83. The van der Waals surface area contributed by atoms with Crippen LogP contribution >= 0.6 is 0 Å². The Balaban J connectivity index is 1.55. The summed E-state index contributed by atoms with van der Waals surface area (Å²) in [5, 5.41) is 0. The first-order chi connectivity index (χ1) is 8.84. The molecule has 0 aliphatic heterocycles. The van der Waals surface area contributed by atoms with Crippen LogP contribution in [0.1, 0.15) is 31.2 Å². The molecule has 0 aliphatic carbocycles. The number of aromatic nitrogens is 1. The van der Waals surface area contributed by atoms with Gasteiger partial charge >= 0.3 is 0 Å². The van der Waals surface area contributed by atoms with Crippen molar-refractivity contribution in [2.24, 2.45) is 0 Å². The van der Waals surface area contributed by atoms with Crippen LogP contribution in [0, 0.1) is 0 Å². The Morgan fingerprint density at radius 2 is 1.50 bits per heavy atom. The lowest BCUT2D eigenvalue weighted by Crippen LogP contribution is -1.94. The molecule has 0 unspecified atom stereocenters. The number of benzene rings is 1. The molecule has 0 radical (unpaired) electrons. The molecule has 0 atom stereocenters. The van der Waals surface area contributed by atoms with E-state index >= 15 is 0 Å². The van der Waals surface area contributed by atoms with Crippen LogP contribution in [0.4, 0.5) is 5.69 Å². The van der Waals surface area contributed by atoms with Crippen LogP contribution in [0.25, 0.3) is 0 Å². The maximum absolute atomic E-state index is 5.67. The van der Waals surface area contributed by atoms with Gasteiger partial charge in [-0.2, -0.15) is 0 Å². The van der Waals surface area contributed by atoms with Crippen LogP contribution in [0.2, 0.25) is 0 Å². The van der Waals surface area contributed by atoms with Gasteiger partial charge in [0.05, 0.1) is 0 Å². The predicted octanol–water partition coefficient (Wildman–Crippen LogP) is 3.87. The molecule has 2 rings (SSSR count). The molecule has 1 aromatic heterocycles. The zero-order valence-corrected chi connectivity index (χ0v) is 10.9. The highest BCUT2D eigenvalue weighted by molar-refractivity contribution is 5.39. The molecule has 1 aromatic carbocycles. The van der Waals surface area contributed by atoms with Crippen molar-refractivity contribution in [1.29, 1.82) is 0 Å². The lowest BCUT2D eigenvalue weighted by molar-refractivity contribution is 0.573. The third-order valence-electron chi connectivity index (χ3n) is 3.28. The fourth-order valence-corrected chi connectivity index (χ4v) is 2.18. The average Bonchev–Trinajstić information content (AvgIpc) is 2.89. The molecule has 96 valence electrons. The normalized spacial score (nSPS) is 10.7. The highest BCUT2D eigenvalue weighted by Crippen LogP contribution is 2.10. The molecule has 0 spiro atoms. The Labute approximate surface area is 109 Å². The van der Waals surface area contributed by atoms with Crippen molar-refractivity contribution in [1.82, 2.24) is 4.57 Å². The predicted molar refractivity (Wildman–Crippen MR) is 77.5 cm³/mol. The van der Waals surface area contributed by atoms with Crippen LogP contribution in [0.15, 0.2) is 48.8 Å². The molecule has 2 aromatic rings. The summed E-state index contributed by atoms with van der Waals surface area (Å²) in [4.78, 5) is 0. The Morgan fingerprint density at radius 3 is 2.22 bits per heavy atom. The Morgan fingerprint density at radius 1 is 0.833 bits per heavy atom. The molecule has 0 saturated carbocycles. The second kappa shape index (κ2) is 6.90. The van der Waals surface area contributed by atoms with E-state index in [4.69, 9.17) is 5.73 Å². The molecule has 2 N–H and O–H groups in total. The molecular weight excluding hydrogens is 220 g/mol. The first kappa shape index (κ1) is 12.7. The van der Waals surface area contributed by atoms with E-state index in [0.717, 1.165) is 12.2 Å². The van der Waals surface area contributed by atoms with Gasteiger partial charge in [0.25, 0.3) is 0 Å². The van der Waals surface area contributed by atoms with Crippen LogP contribution in [-0.2, 0) is 13.0 Å². The summed E-state index contributed by atoms with van der Waals surface area (Å²) in [5.41, 5.74) is 7.92. The van der Waals surface area contributed by atoms with Gasteiger partial charge in [0.15, 0.2) is 0 Å². The minimum absolute atomic E-state index is 0.852. The lowest BCUT2D eigenvalue weighted by Gasteiger charge is -2.04. The number of rotatable bonds is 7. The Kier molecular flexibility index (Phi) is 4.88. The standard InChI is InChI=1S/C16H22N2/c17-16-10-8-15(9-11-16)7-3-1-2-4-12-18-13-5-6-14-18/h5-6,8-11,13-14H,1-4,7,12,17H2. The number of nitrogens with zero attached hydrogens (tertiary/aromatic N) is 1. The maximum Gasteiger partial charge on any atom is 0.0314 e. The van der Waals surface area contributed by atoms with E-state index in [1.807, 2.05) is 12.1 Å². The van der Waals surface area contributed by atoms with Crippen molar-refractivity contribution in [2.45, 2.75) is 38.6 Å². The average molecular weight is 242 g/mol. The molecule has 0 amide bonds. The van der Waals surface area contributed by atoms with Gasteiger partial charge in [-0.05, 0) is 49.1 Å². The largest absolute Gasteiger partial charge is 0.399 e. The summed E-state index contributed by atoms with van der Waals surface area (Å²) >= 11 is 0. The summed E-state index contributed by atoms with van der Waals surface area (Å²) in [6, 6.07) is 12.4. The lowest BCUT2D eigenvalue weighted by atomic mass is 10.1. The van der Waals surface area contributed by atoms with Gasteiger partial charge in [-0.25, -0.2) is 0 Å². The highest BCUT2D eigenvalue weighted by Gasteiger charge is 1.95. The van der Waals surface area contributed by atoms with Crippen molar-refractivity contribution in [3.63, 3.8) is 0 Å². The maximum atomic E-state index is 5.67. The van der Waals surface area contributed by atoms with E-state index in [2.05, 4.69) is 41.2 Å². The van der Waals surface area contributed by atoms with Gasteiger partial charge in [-0.3, -0.25) is 0 Å².